The molecule has 1 saturated heterocycles. The van der Waals surface area contributed by atoms with Crippen molar-refractivity contribution >= 4 is 0 Å². The topological polar surface area (TPSA) is 3.24 Å². The Bertz CT molecular complexity index is 281. The van der Waals surface area contributed by atoms with Crippen LogP contribution in [-0.4, -0.2) is 23.5 Å². The van der Waals surface area contributed by atoms with E-state index in [9.17, 15) is 0 Å². The van der Waals surface area contributed by atoms with Crippen molar-refractivity contribution in [1.29, 1.82) is 0 Å². The fourth-order valence-electron chi connectivity index (χ4n) is 4.25. The molecule has 0 bridgehead atoms. The molecule has 100 valence electrons. The van der Waals surface area contributed by atoms with E-state index in [2.05, 4.69) is 42.9 Å². The van der Waals surface area contributed by atoms with Gasteiger partial charge in [0, 0.05) is 18.6 Å². The molecule has 2 rings (SSSR count). The van der Waals surface area contributed by atoms with Gasteiger partial charge in [-0.25, -0.2) is 0 Å². The molecule has 4 unspecified atom stereocenters. The Hall–Kier alpha value is -0.820. The lowest BCUT2D eigenvalue weighted by atomic mass is 9.76. The normalized spacial score (nSPS) is 36.0. The monoisotopic (exact) mass is 245 g/mol. The molecule has 4 atom stereocenters. The van der Waals surface area contributed by atoms with Crippen LogP contribution in [0.1, 0.15) is 38.5 Å². The molecule has 0 aromatic heterocycles. The molecular weight excluding hydrogens is 218 g/mol. The van der Waals surface area contributed by atoms with E-state index in [0.717, 1.165) is 37.3 Å². The van der Waals surface area contributed by atoms with Crippen LogP contribution in [0.15, 0.2) is 38.0 Å². The first-order valence-electron chi connectivity index (χ1n) is 7.42. The summed E-state index contributed by atoms with van der Waals surface area (Å²) in [4.78, 5) is 2.70. The average Bonchev–Trinajstić information content (AvgIpc) is 2.67. The first-order valence-corrected chi connectivity index (χ1v) is 7.42. The van der Waals surface area contributed by atoms with E-state index in [1.54, 1.807) is 0 Å². The maximum absolute atomic E-state index is 3.96. The first-order chi connectivity index (χ1) is 8.83. The Morgan fingerprint density at radius 1 is 0.944 bits per heavy atom. The summed E-state index contributed by atoms with van der Waals surface area (Å²) in [7, 11) is 0. The van der Waals surface area contributed by atoms with Gasteiger partial charge < -0.3 is 0 Å². The summed E-state index contributed by atoms with van der Waals surface area (Å²) >= 11 is 0. The molecule has 1 heterocycles. The molecule has 1 heteroatoms. The van der Waals surface area contributed by atoms with E-state index < -0.39 is 0 Å². The Labute approximate surface area is 112 Å². The lowest BCUT2D eigenvalue weighted by Gasteiger charge is -2.32. The standard InChI is InChI=1S/C17H27N/c1-4-9-14-15-11-7-8-12-17(15)18(13-6-3)16(14)10-5-2/h4-6,14-17H,1-3,7-13H2. The summed E-state index contributed by atoms with van der Waals surface area (Å²) in [5, 5.41) is 0. The van der Waals surface area contributed by atoms with E-state index in [1.807, 2.05) is 0 Å². The zero-order valence-electron chi connectivity index (χ0n) is 11.6. The predicted molar refractivity (Wildman–Crippen MR) is 79.6 cm³/mol. The van der Waals surface area contributed by atoms with Crippen molar-refractivity contribution in [2.24, 2.45) is 11.8 Å². The Balaban J connectivity index is 2.21. The molecular formula is C17H27N. The zero-order valence-corrected chi connectivity index (χ0v) is 11.6. The highest BCUT2D eigenvalue weighted by molar-refractivity contribution is 5.05. The molecule has 18 heavy (non-hydrogen) atoms. The molecule has 0 aromatic carbocycles. The number of fused-ring (bicyclic) bond motifs is 1. The fourth-order valence-corrected chi connectivity index (χ4v) is 4.25. The smallest absolute Gasteiger partial charge is 0.0170 e. The largest absolute Gasteiger partial charge is 0.293 e. The second-order valence-corrected chi connectivity index (χ2v) is 5.78. The first kappa shape index (κ1) is 13.6. The lowest BCUT2D eigenvalue weighted by Crippen LogP contribution is -2.38. The van der Waals surface area contributed by atoms with Crippen LogP contribution in [0.4, 0.5) is 0 Å². The minimum atomic E-state index is 0.659. The number of nitrogens with zero attached hydrogens (tertiary/aromatic N) is 1. The SMILES string of the molecule is C=CCC1C2CCCCC2N(CC=C)C1CC=C. The molecule has 1 saturated carbocycles. The molecule has 1 nitrogen and oxygen atoms in total. The van der Waals surface area contributed by atoms with Crippen molar-refractivity contribution < 1.29 is 0 Å². The molecule has 2 fully saturated rings. The van der Waals surface area contributed by atoms with Crippen molar-refractivity contribution in [1.82, 2.24) is 4.90 Å². The molecule has 0 spiro atoms. The number of hydrogen-bond acceptors (Lipinski definition) is 1. The summed E-state index contributed by atoms with van der Waals surface area (Å²) in [6.45, 7) is 12.9. The van der Waals surface area contributed by atoms with Crippen LogP contribution < -0.4 is 0 Å². The third-order valence-corrected chi connectivity index (χ3v) is 4.86. The Morgan fingerprint density at radius 3 is 2.33 bits per heavy atom. The summed E-state index contributed by atoms with van der Waals surface area (Å²) in [5.41, 5.74) is 0. The van der Waals surface area contributed by atoms with Crippen LogP contribution in [0.5, 0.6) is 0 Å². The van der Waals surface area contributed by atoms with E-state index in [1.165, 1.54) is 25.7 Å². The molecule has 0 aromatic rings. The predicted octanol–water partition coefficient (Wildman–Crippen LogP) is 4.18. The van der Waals surface area contributed by atoms with Crippen LogP contribution in [-0.2, 0) is 0 Å². The van der Waals surface area contributed by atoms with Crippen LogP contribution in [0.2, 0.25) is 0 Å². The molecule has 1 aliphatic heterocycles. The molecule has 0 amide bonds. The fraction of sp³-hybridized carbons (Fsp3) is 0.647. The van der Waals surface area contributed by atoms with Gasteiger partial charge in [0.25, 0.3) is 0 Å². The van der Waals surface area contributed by atoms with Gasteiger partial charge in [0.15, 0.2) is 0 Å². The highest BCUT2D eigenvalue weighted by Gasteiger charge is 2.47. The van der Waals surface area contributed by atoms with Crippen LogP contribution in [0.3, 0.4) is 0 Å². The van der Waals surface area contributed by atoms with Gasteiger partial charge in [-0.05, 0) is 37.5 Å². The number of hydrogen-bond donors (Lipinski definition) is 0. The summed E-state index contributed by atoms with van der Waals surface area (Å²) in [5.74, 6) is 1.66. The van der Waals surface area contributed by atoms with Gasteiger partial charge in [0.05, 0.1) is 0 Å². The number of likely N-dealkylation sites (tertiary alicyclic amines) is 1. The number of allylic oxidation sites excluding steroid dienone is 1. The minimum Gasteiger partial charge on any atom is -0.293 e. The molecule has 0 radical (unpaired) electrons. The van der Waals surface area contributed by atoms with Gasteiger partial charge >= 0.3 is 0 Å². The van der Waals surface area contributed by atoms with Gasteiger partial charge in [-0.2, -0.15) is 0 Å². The minimum absolute atomic E-state index is 0.659. The van der Waals surface area contributed by atoms with Gasteiger partial charge in [-0.3, -0.25) is 4.90 Å². The van der Waals surface area contributed by atoms with Crippen molar-refractivity contribution in [3.63, 3.8) is 0 Å². The summed E-state index contributed by atoms with van der Waals surface area (Å²) in [6.07, 6.45) is 14.1. The third-order valence-electron chi connectivity index (χ3n) is 4.86. The van der Waals surface area contributed by atoms with Gasteiger partial charge in [-0.15, -0.1) is 19.7 Å². The second kappa shape index (κ2) is 6.38. The van der Waals surface area contributed by atoms with Gasteiger partial charge in [0.1, 0.15) is 0 Å². The second-order valence-electron chi connectivity index (χ2n) is 5.78. The lowest BCUT2D eigenvalue weighted by molar-refractivity contribution is 0.168. The maximum Gasteiger partial charge on any atom is 0.0170 e. The maximum atomic E-state index is 3.96. The molecule has 0 N–H and O–H groups in total. The van der Waals surface area contributed by atoms with E-state index in [4.69, 9.17) is 0 Å². The van der Waals surface area contributed by atoms with Crippen LogP contribution >= 0.6 is 0 Å². The molecule has 1 aliphatic carbocycles. The van der Waals surface area contributed by atoms with E-state index in [-0.39, 0.29) is 0 Å². The van der Waals surface area contributed by atoms with Gasteiger partial charge in [0.2, 0.25) is 0 Å². The molecule has 2 aliphatic rings. The third kappa shape index (κ3) is 2.47. The van der Waals surface area contributed by atoms with Gasteiger partial charge in [-0.1, -0.05) is 31.1 Å². The van der Waals surface area contributed by atoms with Crippen molar-refractivity contribution in [3.05, 3.63) is 38.0 Å². The summed E-state index contributed by atoms with van der Waals surface area (Å²) in [6, 6.07) is 1.44. The van der Waals surface area contributed by atoms with Crippen LogP contribution in [0, 0.1) is 11.8 Å². The number of rotatable bonds is 6. The Kier molecular flexibility index (Phi) is 4.82. The van der Waals surface area contributed by atoms with Crippen molar-refractivity contribution in [2.45, 2.75) is 50.6 Å². The van der Waals surface area contributed by atoms with Crippen LogP contribution in [0.25, 0.3) is 0 Å². The van der Waals surface area contributed by atoms with E-state index >= 15 is 0 Å². The zero-order chi connectivity index (χ0) is 13.0. The highest BCUT2D eigenvalue weighted by Crippen LogP contribution is 2.46. The van der Waals surface area contributed by atoms with Crippen molar-refractivity contribution in [3.8, 4) is 0 Å². The average molecular weight is 245 g/mol. The quantitative estimate of drug-likeness (QED) is 0.634. The van der Waals surface area contributed by atoms with E-state index in [0.29, 0.717) is 6.04 Å². The Morgan fingerprint density at radius 2 is 1.67 bits per heavy atom. The van der Waals surface area contributed by atoms with Crippen molar-refractivity contribution in [2.75, 3.05) is 6.54 Å². The highest BCUT2D eigenvalue weighted by atomic mass is 15.2. The summed E-state index contributed by atoms with van der Waals surface area (Å²) < 4.78 is 0.